The van der Waals surface area contributed by atoms with Crippen LogP contribution < -0.4 is 4.90 Å². The highest BCUT2D eigenvalue weighted by atomic mass is 35.5. The largest absolute Gasteiger partial charge is 0.478 e. The Hall–Kier alpha value is -3.60. The molecule has 0 saturated carbocycles. The maximum absolute atomic E-state index is 11.3. The van der Waals surface area contributed by atoms with Gasteiger partial charge in [-0.15, -0.1) is 0 Å². The van der Waals surface area contributed by atoms with Crippen molar-refractivity contribution in [2.24, 2.45) is 4.99 Å². The molecule has 0 heterocycles. The Morgan fingerprint density at radius 1 is 0.949 bits per heavy atom. The molecule has 6 heteroatoms. The molecule has 1 N–H and O–H groups in total. The fourth-order valence-electron chi connectivity index (χ4n) is 3.68. The van der Waals surface area contributed by atoms with Crippen LogP contribution in [0.2, 0.25) is 0 Å². The van der Waals surface area contributed by atoms with Gasteiger partial charge in [-0.05, 0) is 60.0 Å². The van der Waals surface area contributed by atoms with Gasteiger partial charge in [-0.2, -0.15) is 0 Å². The predicted molar refractivity (Wildman–Crippen MR) is 168 cm³/mol. The smallest absolute Gasteiger partial charge is 0.335 e. The Balaban J connectivity index is 0.00000260. The van der Waals surface area contributed by atoms with E-state index in [9.17, 15) is 9.90 Å². The molecule has 0 radical (unpaired) electrons. The minimum Gasteiger partial charge on any atom is -0.478 e. The predicted octanol–water partition coefficient (Wildman–Crippen LogP) is 9.29. The number of aliphatic imine (C=N–C) groups is 1. The van der Waals surface area contributed by atoms with Crippen molar-refractivity contribution in [1.82, 2.24) is 0 Å². The molecule has 0 bridgehead atoms. The Kier molecular flexibility index (Phi) is 13.3. The van der Waals surface area contributed by atoms with Crippen LogP contribution in [0.15, 0.2) is 113 Å². The zero-order valence-corrected chi connectivity index (χ0v) is 24.5. The molecule has 0 amide bonds. The molecule has 3 aromatic rings. The van der Waals surface area contributed by atoms with Gasteiger partial charge in [0.05, 0.1) is 5.56 Å². The van der Waals surface area contributed by atoms with Crippen molar-refractivity contribution in [1.29, 1.82) is 0 Å². The molecule has 0 spiro atoms. The number of anilines is 1. The summed E-state index contributed by atoms with van der Waals surface area (Å²) in [4.78, 5) is 18.1. The SMILES string of the molecule is C=C/C=C(Cl)\C=C(\Cl)CCN=C(Cc1ccc(-c2ccc(C)cc2)cc1)N(C)c1ccc(C(=O)O)cc1.CC. The van der Waals surface area contributed by atoms with Crippen LogP contribution in [-0.2, 0) is 6.42 Å². The molecule has 4 nitrogen and oxygen atoms in total. The minimum absolute atomic E-state index is 0.240. The Bertz CT molecular complexity index is 1310. The summed E-state index contributed by atoms with van der Waals surface area (Å²) in [5, 5.41) is 10.3. The normalized spacial score (nSPS) is 11.9. The van der Waals surface area contributed by atoms with E-state index in [1.807, 2.05) is 25.8 Å². The third-order valence-electron chi connectivity index (χ3n) is 5.81. The zero-order valence-electron chi connectivity index (χ0n) is 23.0. The summed E-state index contributed by atoms with van der Waals surface area (Å²) < 4.78 is 0. The summed E-state index contributed by atoms with van der Waals surface area (Å²) in [6.45, 7) is 10.2. The molecule has 0 unspecified atom stereocenters. The van der Waals surface area contributed by atoms with Gasteiger partial charge < -0.3 is 10.0 Å². The number of carbonyl (C=O) groups is 1. The molecule has 3 rings (SSSR count). The first-order valence-electron chi connectivity index (χ1n) is 12.9. The Morgan fingerprint density at radius 3 is 2.05 bits per heavy atom. The Labute approximate surface area is 242 Å². The number of benzene rings is 3. The number of carboxylic acid groups (broad SMARTS) is 1. The lowest BCUT2D eigenvalue weighted by Crippen LogP contribution is -2.28. The van der Waals surface area contributed by atoms with Gasteiger partial charge >= 0.3 is 5.97 Å². The topological polar surface area (TPSA) is 52.9 Å². The van der Waals surface area contributed by atoms with E-state index in [0.717, 1.165) is 22.6 Å². The first-order chi connectivity index (χ1) is 18.8. The van der Waals surface area contributed by atoms with Crippen molar-refractivity contribution in [2.45, 2.75) is 33.6 Å². The van der Waals surface area contributed by atoms with Crippen LogP contribution in [0.5, 0.6) is 0 Å². The molecule has 0 aliphatic carbocycles. The van der Waals surface area contributed by atoms with Gasteiger partial charge in [-0.25, -0.2) is 4.79 Å². The molecule has 204 valence electrons. The minimum atomic E-state index is -0.956. The summed E-state index contributed by atoms with van der Waals surface area (Å²) >= 11 is 12.4. The highest BCUT2D eigenvalue weighted by Crippen LogP contribution is 2.22. The van der Waals surface area contributed by atoms with Crippen molar-refractivity contribution < 1.29 is 9.90 Å². The highest BCUT2D eigenvalue weighted by Gasteiger charge is 2.12. The van der Waals surface area contributed by atoms with E-state index < -0.39 is 5.97 Å². The van der Waals surface area contributed by atoms with Crippen LogP contribution in [0.25, 0.3) is 11.1 Å². The maximum Gasteiger partial charge on any atom is 0.335 e. The Morgan fingerprint density at radius 2 is 1.51 bits per heavy atom. The second kappa shape index (κ2) is 16.4. The van der Waals surface area contributed by atoms with Crippen LogP contribution in [0.1, 0.15) is 41.8 Å². The zero-order chi connectivity index (χ0) is 28.8. The molecule has 0 aromatic heterocycles. The van der Waals surface area contributed by atoms with Crippen molar-refractivity contribution >= 4 is 40.7 Å². The van der Waals surface area contributed by atoms with E-state index in [4.69, 9.17) is 28.2 Å². The quantitative estimate of drug-likeness (QED) is 0.152. The fourth-order valence-corrected chi connectivity index (χ4v) is 4.15. The number of aromatic carboxylic acids is 1. The number of amidine groups is 1. The number of carboxylic acids is 1. The average molecular weight is 564 g/mol. The fraction of sp³-hybridized carbons (Fsp3) is 0.212. The standard InChI is InChI=1S/C31H30Cl2N2O2.C2H6/c1-4-5-27(32)21-28(33)18-19-34-30(35(3)29-16-14-26(15-17-29)31(36)37)20-23-8-12-25(13-9-23)24-10-6-22(2)7-11-24;1-2/h4-17,21H,1,18-20H2,2-3H3,(H,36,37);1-2H3/b27-5+,28-21+,34-30?;. The summed E-state index contributed by atoms with van der Waals surface area (Å²) in [7, 11) is 1.93. The number of aryl methyl sites for hydroxylation is 1. The second-order valence-electron chi connectivity index (χ2n) is 8.58. The van der Waals surface area contributed by atoms with Gasteiger partial charge in [0.2, 0.25) is 0 Å². The van der Waals surface area contributed by atoms with Crippen LogP contribution in [0, 0.1) is 6.92 Å². The number of likely N-dealkylation sites (N-methyl/N-ethyl adjacent to an activating group) is 1. The van der Waals surface area contributed by atoms with Crippen LogP contribution >= 0.6 is 23.2 Å². The lowest BCUT2D eigenvalue weighted by molar-refractivity contribution is 0.0697. The van der Waals surface area contributed by atoms with Crippen molar-refractivity contribution in [3.8, 4) is 11.1 Å². The molecule has 0 atom stereocenters. The second-order valence-corrected chi connectivity index (χ2v) is 9.50. The van der Waals surface area contributed by atoms with Crippen molar-refractivity contribution in [2.75, 3.05) is 18.5 Å². The number of hydrogen-bond acceptors (Lipinski definition) is 2. The third-order valence-corrected chi connectivity index (χ3v) is 6.34. The number of allylic oxidation sites excluding steroid dienone is 4. The van der Waals surface area contributed by atoms with Crippen LogP contribution in [0.3, 0.4) is 0 Å². The molecule has 0 fully saturated rings. The lowest BCUT2D eigenvalue weighted by atomic mass is 10.0. The summed E-state index contributed by atoms with van der Waals surface area (Å²) in [6.07, 6.45) is 6.10. The number of halogens is 2. The van der Waals surface area contributed by atoms with Gasteiger partial charge in [-0.3, -0.25) is 4.99 Å². The molecule has 3 aromatic carbocycles. The number of rotatable bonds is 10. The van der Waals surface area contributed by atoms with E-state index in [0.29, 0.717) is 29.5 Å². The van der Waals surface area contributed by atoms with E-state index in [-0.39, 0.29) is 5.56 Å². The van der Waals surface area contributed by atoms with Gasteiger partial charge in [0.15, 0.2) is 0 Å². The molecule has 39 heavy (non-hydrogen) atoms. The number of nitrogens with zero attached hydrogens (tertiary/aromatic N) is 2. The van der Waals surface area contributed by atoms with Crippen LogP contribution in [-0.4, -0.2) is 30.5 Å². The van der Waals surface area contributed by atoms with E-state index in [2.05, 4.69) is 62.0 Å². The van der Waals surface area contributed by atoms with Gasteiger partial charge in [0.1, 0.15) is 5.84 Å². The van der Waals surface area contributed by atoms with E-state index >= 15 is 0 Å². The maximum atomic E-state index is 11.3. The molecule has 0 aliphatic heterocycles. The van der Waals surface area contributed by atoms with Crippen molar-refractivity contribution in [3.05, 3.63) is 124 Å². The van der Waals surface area contributed by atoms with Crippen LogP contribution in [0.4, 0.5) is 5.69 Å². The van der Waals surface area contributed by atoms with Gasteiger partial charge in [-0.1, -0.05) is 104 Å². The summed E-state index contributed by atoms with van der Waals surface area (Å²) in [5.74, 6) is -0.120. The number of hydrogen-bond donors (Lipinski definition) is 1. The average Bonchev–Trinajstić information content (AvgIpc) is 2.94. The van der Waals surface area contributed by atoms with Crippen molar-refractivity contribution in [3.63, 3.8) is 0 Å². The van der Waals surface area contributed by atoms with E-state index in [1.165, 1.54) is 11.1 Å². The first kappa shape index (κ1) is 31.6. The monoisotopic (exact) mass is 562 g/mol. The highest BCUT2D eigenvalue weighted by molar-refractivity contribution is 6.34. The molecule has 0 aliphatic rings. The molecular formula is C33H36Cl2N2O2. The van der Waals surface area contributed by atoms with Gasteiger partial charge in [0, 0.05) is 42.2 Å². The lowest BCUT2D eigenvalue weighted by Gasteiger charge is -2.22. The third kappa shape index (κ3) is 10.2. The first-order valence-corrected chi connectivity index (χ1v) is 13.6. The summed E-state index contributed by atoms with van der Waals surface area (Å²) in [5.41, 5.74) is 5.76. The van der Waals surface area contributed by atoms with Gasteiger partial charge in [0.25, 0.3) is 0 Å². The summed E-state index contributed by atoms with van der Waals surface area (Å²) in [6, 6.07) is 23.7. The molecule has 0 saturated heterocycles. The molecular weight excluding hydrogens is 527 g/mol. The van der Waals surface area contributed by atoms with E-state index in [1.54, 1.807) is 42.5 Å².